The van der Waals surface area contributed by atoms with Crippen LogP contribution in [0.4, 0.5) is 0 Å². The summed E-state index contributed by atoms with van der Waals surface area (Å²) < 4.78 is 5.26. The molecule has 1 aliphatic heterocycles. The van der Waals surface area contributed by atoms with E-state index < -0.39 is 0 Å². The van der Waals surface area contributed by atoms with E-state index in [2.05, 4.69) is 28.3 Å². The normalized spacial score (nSPS) is 25.0. The topological polar surface area (TPSA) is 37.4 Å². The zero-order valence-electron chi connectivity index (χ0n) is 12.2. The summed E-state index contributed by atoms with van der Waals surface area (Å²) in [4.78, 5) is 7.09. The Morgan fingerprint density at radius 3 is 3.00 bits per heavy atom. The highest BCUT2D eigenvalue weighted by atomic mass is 16.5. The van der Waals surface area contributed by atoms with Crippen LogP contribution in [-0.2, 0) is 0 Å². The summed E-state index contributed by atoms with van der Waals surface area (Å²) in [5.74, 6) is 1.32. The van der Waals surface area contributed by atoms with Gasteiger partial charge in [0, 0.05) is 6.07 Å². The van der Waals surface area contributed by atoms with Crippen molar-refractivity contribution in [2.45, 2.75) is 25.3 Å². The summed E-state index contributed by atoms with van der Waals surface area (Å²) >= 11 is 0. The highest BCUT2D eigenvalue weighted by Crippen LogP contribution is 2.33. The molecule has 1 aliphatic rings. The summed E-state index contributed by atoms with van der Waals surface area (Å²) in [7, 11) is 5.91. The van der Waals surface area contributed by atoms with Crippen LogP contribution in [0, 0.1) is 5.92 Å². The molecule has 1 aromatic rings. The molecule has 2 rings (SSSR count). The van der Waals surface area contributed by atoms with Gasteiger partial charge in [-0.2, -0.15) is 0 Å². The summed E-state index contributed by atoms with van der Waals surface area (Å²) in [6, 6.07) is 6.45. The van der Waals surface area contributed by atoms with Crippen LogP contribution in [0.3, 0.4) is 0 Å². The molecule has 106 valence electrons. The molecular formula is C15H25N3O. The second-order valence-electron chi connectivity index (χ2n) is 5.34. The van der Waals surface area contributed by atoms with Crippen LogP contribution < -0.4 is 10.1 Å². The van der Waals surface area contributed by atoms with Gasteiger partial charge in [0.1, 0.15) is 0 Å². The number of ether oxygens (including phenoxy) is 1. The van der Waals surface area contributed by atoms with E-state index in [-0.39, 0.29) is 0 Å². The van der Waals surface area contributed by atoms with Crippen molar-refractivity contribution >= 4 is 0 Å². The molecule has 0 radical (unpaired) electrons. The Labute approximate surface area is 116 Å². The largest absolute Gasteiger partial charge is 0.481 e. The summed E-state index contributed by atoms with van der Waals surface area (Å²) in [6.45, 7) is 2.18. The van der Waals surface area contributed by atoms with Crippen LogP contribution in [0.1, 0.15) is 31.0 Å². The highest BCUT2D eigenvalue weighted by Gasteiger charge is 2.29. The van der Waals surface area contributed by atoms with Crippen molar-refractivity contribution < 1.29 is 4.74 Å². The van der Waals surface area contributed by atoms with Crippen LogP contribution in [0.25, 0.3) is 0 Å². The fourth-order valence-corrected chi connectivity index (χ4v) is 3.08. The number of methoxy groups -OCH3 is 1. The quantitative estimate of drug-likeness (QED) is 0.902. The number of hydrogen-bond donors (Lipinski definition) is 1. The first-order chi connectivity index (χ1) is 9.26. The third kappa shape index (κ3) is 3.45. The van der Waals surface area contributed by atoms with Gasteiger partial charge < -0.3 is 10.1 Å². The summed E-state index contributed by atoms with van der Waals surface area (Å²) in [5, 5.41) is 3.33. The molecule has 0 spiro atoms. The third-order valence-electron chi connectivity index (χ3n) is 3.98. The van der Waals surface area contributed by atoms with Crippen LogP contribution in [0.5, 0.6) is 5.88 Å². The van der Waals surface area contributed by atoms with Crippen molar-refractivity contribution in [3.63, 3.8) is 0 Å². The summed E-state index contributed by atoms with van der Waals surface area (Å²) in [6.07, 6.45) is 3.84. The van der Waals surface area contributed by atoms with E-state index in [0.29, 0.717) is 17.8 Å². The van der Waals surface area contributed by atoms with Gasteiger partial charge in [0.2, 0.25) is 5.88 Å². The second-order valence-corrected chi connectivity index (χ2v) is 5.34. The fourth-order valence-electron chi connectivity index (χ4n) is 3.08. The third-order valence-corrected chi connectivity index (χ3v) is 3.98. The molecule has 2 heterocycles. The maximum atomic E-state index is 5.26. The Hall–Kier alpha value is -1.13. The second kappa shape index (κ2) is 6.87. The molecular weight excluding hydrogens is 238 g/mol. The Kier molecular flexibility index (Phi) is 5.16. The van der Waals surface area contributed by atoms with Gasteiger partial charge in [0.25, 0.3) is 0 Å². The smallest absolute Gasteiger partial charge is 0.213 e. The molecule has 1 N–H and O–H groups in total. The van der Waals surface area contributed by atoms with Gasteiger partial charge in [-0.15, -0.1) is 0 Å². The first-order valence-electron chi connectivity index (χ1n) is 7.12. The van der Waals surface area contributed by atoms with Gasteiger partial charge in [-0.05, 0) is 52.0 Å². The standard InChI is InChI=1S/C15H25N3O/c1-16-11-12-7-4-5-10-18(2)15(12)13-8-6-9-14(17-13)19-3/h6,8-9,12,15-16H,4-5,7,10-11H2,1-3H3. The molecule has 0 saturated carbocycles. The molecule has 1 saturated heterocycles. The van der Waals surface area contributed by atoms with Crippen LogP contribution >= 0.6 is 0 Å². The predicted octanol–water partition coefficient (Wildman–Crippen LogP) is 2.08. The lowest BCUT2D eigenvalue weighted by Gasteiger charge is -2.32. The molecule has 4 nitrogen and oxygen atoms in total. The van der Waals surface area contributed by atoms with E-state index in [1.54, 1.807) is 7.11 Å². The molecule has 0 bridgehead atoms. The SMILES string of the molecule is CNCC1CCCCN(C)C1c1cccc(OC)n1. The minimum atomic E-state index is 0.380. The molecule has 1 aromatic heterocycles. The minimum absolute atomic E-state index is 0.380. The van der Waals surface area contributed by atoms with Crippen LogP contribution in [-0.4, -0.2) is 44.2 Å². The summed E-state index contributed by atoms with van der Waals surface area (Å²) in [5.41, 5.74) is 1.13. The average Bonchev–Trinajstić information content (AvgIpc) is 2.61. The average molecular weight is 263 g/mol. The predicted molar refractivity (Wildman–Crippen MR) is 77.4 cm³/mol. The zero-order chi connectivity index (χ0) is 13.7. The monoisotopic (exact) mass is 263 g/mol. The molecule has 0 aliphatic carbocycles. The van der Waals surface area contributed by atoms with Gasteiger partial charge in [-0.25, -0.2) is 4.98 Å². The minimum Gasteiger partial charge on any atom is -0.481 e. The molecule has 1 fully saturated rings. The number of nitrogens with zero attached hydrogens (tertiary/aromatic N) is 2. The van der Waals surface area contributed by atoms with Gasteiger partial charge in [0.05, 0.1) is 18.8 Å². The lowest BCUT2D eigenvalue weighted by atomic mass is 9.92. The van der Waals surface area contributed by atoms with Crippen molar-refractivity contribution in [2.75, 3.05) is 34.3 Å². The lowest BCUT2D eigenvalue weighted by molar-refractivity contribution is 0.185. The molecule has 2 atom stereocenters. The van der Waals surface area contributed by atoms with Gasteiger partial charge in [-0.3, -0.25) is 4.90 Å². The first-order valence-corrected chi connectivity index (χ1v) is 7.12. The number of rotatable bonds is 4. The van der Waals surface area contributed by atoms with Gasteiger partial charge >= 0.3 is 0 Å². The van der Waals surface area contributed by atoms with E-state index in [1.165, 1.54) is 19.3 Å². The number of aromatic nitrogens is 1. The van der Waals surface area contributed by atoms with E-state index >= 15 is 0 Å². The maximum Gasteiger partial charge on any atom is 0.213 e. The Bertz CT molecular complexity index is 397. The van der Waals surface area contributed by atoms with E-state index in [1.807, 2.05) is 19.2 Å². The van der Waals surface area contributed by atoms with E-state index in [4.69, 9.17) is 4.74 Å². The lowest BCUT2D eigenvalue weighted by Crippen LogP contribution is -2.34. The van der Waals surface area contributed by atoms with Crippen LogP contribution in [0.15, 0.2) is 18.2 Å². The van der Waals surface area contributed by atoms with Crippen molar-refractivity contribution in [3.8, 4) is 5.88 Å². The zero-order valence-corrected chi connectivity index (χ0v) is 12.2. The number of likely N-dealkylation sites (tertiary alicyclic amines) is 1. The highest BCUT2D eigenvalue weighted by molar-refractivity contribution is 5.19. The van der Waals surface area contributed by atoms with Crippen molar-refractivity contribution in [3.05, 3.63) is 23.9 Å². The number of nitrogens with one attached hydrogen (secondary N) is 1. The number of pyridine rings is 1. The van der Waals surface area contributed by atoms with Gasteiger partial charge in [-0.1, -0.05) is 12.5 Å². The molecule has 0 amide bonds. The van der Waals surface area contributed by atoms with Gasteiger partial charge in [0.15, 0.2) is 0 Å². The molecule has 2 unspecified atom stereocenters. The maximum absolute atomic E-state index is 5.26. The number of hydrogen-bond acceptors (Lipinski definition) is 4. The van der Waals surface area contributed by atoms with Crippen molar-refractivity contribution in [2.24, 2.45) is 5.92 Å². The Morgan fingerprint density at radius 2 is 2.26 bits per heavy atom. The van der Waals surface area contributed by atoms with E-state index in [9.17, 15) is 0 Å². The fraction of sp³-hybridized carbons (Fsp3) is 0.667. The first kappa shape index (κ1) is 14.3. The molecule has 19 heavy (non-hydrogen) atoms. The van der Waals surface area contributed by atoms with Crippen molar-refractivity contribution in [1.29, 1.82) is 0 Å². The van der Waals surface area contributed by atoms with Crippen molar-refractivity contribution in [1.82, 2.24) is 15.2 Å². The van der Waals surface area contributed by atoms with E-state index in [0.717, 1.165) is 18.8 Å². The Balaban J connectivity index is 2.28. The molecule has 0 aromatic carbocycles. The van der Waals surface area contributed by atoms with Crippen LogP contribution in [0.2, 0.25) is 0 Å². The Morgan fingerprint density at radius 1 is 1.42 bits per heavy atom. The molecule has 4 heteroatoms.